The molecule has 1 aliphatic carbocycles. The number of fused-ring (bicyclic) bond motifs is 1. The van der Waals surface area contributed by atoms with Gasteiger partial charge in [-0.05, 0) is 26.2 Å². The maximum absolute atomic E-state index is 12.3. The maximum atomic E-state index is 12.3. The van der Waals surface area contributed by atoms with E-state index in [0.717, 1.165) is 25.7 Å². The molecule has 1 aliphatic heterocycles. The van der Waals surface area contributed by atoms with Crippen LogP contribution in [0.1, 0.15) is 39.0 Å². The molecule has 2 fully saturated rings. The highest BCUT2D eigenvalue weighted by molar-refractivity contribution is 5.82. The summed E-state index contributed by atoms with van der Waals surface area (Å²) in [5.74, 6) is -0.880. The average molecular weight is 284 g/mol. The zero-order chi connectivity index (χ0) is 14.9. The van der Waals surface area contributed by atoms with Gasteiger partial charge < -0.3 is 20.0 Å². The molecule has 0 aromatic carbocycles. The monoisotopic (exact) mass is 284 g/mol. The molecule has 2 aliphatic rings. The Kier molecular flexibility index (Phi) is 4.22. The van der Waals surface area contributed by atoms with Crippen molar-refractivity contribution in [2.45, 2.75) is 50.7 Å². The SMILES string of the molecule is CC(C(=O)O)N(C)C(=O)N1CCC2(O)CCCCC2C1. The first-order valence-corrected chi connectivity index (χ1v) is 7.32. The molecule has 0 aromatic rings. The molecule has 0 bridgehead atoms. The predicted molar refractivity (Wildman–Crippen MR) is 73.4 cm³/mol. The largest absolute Gasteiger partial charge is 0.480 e. The summed E-state index contributed by atoms with van der Waals surface area (Å²) in [5, 5.41) is 19.6. The van der Waals surface area contributed by atoms with Crippen LogP contribution in [0.15, 0.2) is 0 Å². The third-order valence-corrected chi connectivity index (χ3v) is 4.94. The molecular formula is C14H24N2O4. The third-order valence-electron chi connectivity index (χ3n) is 4.94. The van der Waals surface area contributed by atoms with Crippen LogP contribution in [0.4, 0.5) is 4.79 Å². The molecular weight excluding hydrogens is 260 g/mol. The topological polar surface area (TPSA) is 81.1 Å². The number of piperidine rings is 1. The first-order chi connectivity index (χ1) is 9.35. The summed E-state index contributed by atoms with van der Waals surface area (Å²) in [5.41, 5.74) is -0.619. The maximum Gasteiger partial charge on any atom is 0.326 e. The van der Waals surface area contributed by atoms with Crippen molar-refractivity contribution in [1.82, 2.24) is 9.80 Å². The van der Waals surface area contributed by atoms with Crippen molar-refractivity contribution in [3.63, 3.8) is 0 Å². The molecule has 2 N–H and O–H groups in total. The Balaban J connectivity index is 2.01. The van der Waals surface area contributed by atoms with E-state index in [4.69, 9.17) is 5.11 Å². The predicted octanol–water partition coefficient (Wildman–Crippen LogP) is 1.14. The number of hydrogen-bond acceptors (Lipinski definition) is 3. The lowest BCUT2D eigenvalue weighted by atomic mass is 9.71. The van der Waals surface area contributed by atoms with Crippen LogP contribution in [-0.2, 0) is 4.79 Å². The van der Waals surface area contributed by atoms with E-state index in [2.05, 4.69) is 0 Å². The lowest BCUT2D eigenvalue weighted by molar-refractivity contribution is -0.141. The summed E-state index contributed by atoms with van der Waals surface area (Å²) in [6, 6.07) is -1.10. The Bertz CT molecular complexity index is 401. The lowest BCUT2D eigenvalue weighted by Crippen LogP contribution is -2.57. The number of carboxylic acids is 1. The fourth-order valence-corrected chi connectivity index (χ4v) is 3.30. The van der Waals surface area contributed by atoms with Crippen LogP contribution < -0.4 is 0 Å². The van der Waals surface area contributed by atoms with Gasteiger partial charge in [0, 0.05) is 26.1 Å². The molecule has 6 heteroatoms. The van der Waals surface area contributed by atoms with Gasteiger partial charge in [-0.2, -0.15) is 0 Å². The van der Waals surface area contributed by atoms with Gasteiger partial charge in [0.15, 0.2) is 0 Å². The fourth-order valence-electron chi connectivity index (χ4n) is 3.30. The molecule has 3 atom stereocenters. The Labute approximate surface area is 119 Å². The van der Waals surface area contributed by atoms with Crippen molar-refractivity contribution >= 4 is 12.0 Å². The minimum absolute atomic E-state index is 0.127. The van der Waals surface area contributed by atoms with Gasteiger partial charge in [-0.25, -0.2) is 9.59 Å². The van der Waals surface area contributed by atoms with Gasteiger partial charge in [-0.1, -0.05) is 12.8 Å². The Morgan fingerprint density at radius 3 is 2.70 bits per heavy atom. The molecule has 20 heavy (non-hydrogen) atoms. The average Bonchev–Trinajstić information content (AvgIpc) is 2.43. The summed E-state index contributed by atoms with van der Waals surface area (Å²) < 4.78 is 0. The minimum atomic E-state index is -1.01. The number of rotatable bonds is 2. The highest BCUT2D eigenvalue weighted by atomic mass is 16.4. The Morgan fingerprint density at radius 1 is 1.35 bits per heavy atom. The van der Waals surface area contributed by atoms with Crippen LogP contribution in [0, 0.1) is 5.92 Å². The summed E-state index contributed by atoms with van der Waals surface area (Å²) in [6.45, 7) is 2.54. The second kappa shape index (κ2) is 5.60. The molecule has 1 saturated heterocycles. The van der Waals surface area contributed by atoms with Crippen molar-refractivity contribution in [2.24, 2.45) is 5.92 Å². The van der Waals surface area contributed by atoms with E-state index in [1.807, 2.05) is 0 Å². The van der Waals surface area contributed by atoms with Crippen molar-refractivity contribution in [2.75, 3.05) is 20.1 Å². The quantitative estimate of drug-likeness (QED) is 0.796. The van der Waals surface area contributed by atoms with Gasteiger partial charge in [0.1, 0.15) is 6.04 Å². The number of nitrogens with zero attached hydrogens (tertiary/aromatic N) is 2. The first-order valence-electron chi connectivity index (χ1n) is 7.32. The van der Waals surface area contributed by atoms with Gasteiger partial charge in [0.05, 0.1) is 5.60 Å². The zero-order valence-corrected chi connectivity index (χ0v) is 12.2. The summed E-state index contributed by atoms with van der Waals surface area (Å²) >= 11 is 0. The highest BCUT2D eigenvalue weighted by Gasteiger charge is 2.44. The summed E-state index contributed by atoms with van der Waals surface area (Å²) in [4.78, 5) is 26.2. The van der Waals surface area contributed by atoms with Crippen LogP contribution in [0.2, 0.25) is 0 Å². The number of carboxylic acid groups (broad SMARTS) is 1. The molecule has 6 nitrogen and oxygen atoms in total. The fraction of sp³-hybridized carbons (Fsp3) is 0.857. The van der Waals surface area contributed by atoms with E-state index in [0.29, 0.717) is 19.5 Å². The van der Waals surface area contributed by atoms with E-state index in [1.54, 1.807) is 4.90 Å². The van der Waals surface area contributed by atoms with Crippen molar-refractivity contribution in [3.8, 4) is 0 Å². The minimum Gasteiger partial charge on any atom is -0.480 e. The van der Waals surface area contributed by atoms with Gasteiger partial charge in [0.25, 0.3) is 0 Å². The molecule has 1 saturated carbocycles. The second-order valence-electron chi connectivity index (χ2n) is 6.15. The van der Waals surface area contributed by atoms with Gasteiger partial charge in [-0.15, -0.1) is 0 Å². The molecule has 1 heterocycles. The van der Waals surface area contributed by atoms with Crippen LogP contribution in [0.3, 0.4) is 0 Å². The van der Waals surface area contributed by atoms with Crippen LogP contribution in [0.25, 0.3) is 0 Å². The van der Waals surface area contributed by atoms with E-state index < -0.39 is 17.6 Å². The number of urea groups is 1. The number of carbonyl (C=O) groups is 2. The molecule has 114 valence electrons. The summed E-state index contributed by atoms with van der Waals surface area (Å²) in [6.07, 6.45) is 4.51. The van der Waals surface area contributed by atoms with Crippen molar-refractivity contribution in [3.05, 3.63) is 0 Å². The van der Waals surface area contributed by atoms with Crippen LogP contribution >= 0.6 is 0 Å². The third kappa shape index (κ3) is 2.75. The number of hydrogen-bond donors (Lipinski definition) is 2. The number of likely N-dealkylation sites (N-methyl/N-ethyl adjacent to an activating group) is 1. The van der Waals surface area contributed by atoms with E-state index in [-0.39, 0.29) is 11.9 Å². The van der Waals surface area contributed by atoms with E-state index in [1.165, 1.54) is 18.9 Å². The van der Waals surface area contributed by atoms with Crippen molar-refractivity contribution in [1.29, 1.82) is 0 Å². The zero-order valence-electron chi connectivity index (χ0n) is 12.2. The van der Waals surface area contributed by atoms with Gasteiger partial charge in [0.2, 0.25) is 0 Å². The summed E-state index contributed by atoms with van der Waals surface area (Å²) in [7, 11) is 1.52. The van der Waals surface area contributed by atoms with Gasteiger partial charge in [-0.3, -0.25) is 0 Å². The number of amides is 2. The number of likely N-dealkylation sites (tertiary alicyclic amines) is 1. The molecule has 0 aromatic heterocycles. The molecule has 2 amide bonds. The molecule has 2 rings (SSSR count). The van der Waals surface area contributed by atoms with Crippen molar-refractivity contribution < 1.29 is 19.8 Å². The van der Waals surface area contributed by atoms with Gasteiger partial charge >= 0.3 is 12.0 Å². The number of carbonyl (C=O) groups excluding carboxylic acids is 1. The van der Waals surface area contributed by atoms with E-state index >= 15 is 0 Å². The number of aliphatic carboxylic acids is 1. The Hall–Kier alpha value is -1.30. The molecule has 3 unspecified atom stereocenters. The molecule has 0 radical (unpaired) electrons. The van der Waals surface area contributed by atoms with E-state index in [9.17, 15) is 14.7 Å². The number of aliphatic hydroxyl groups is 1. The first kappa shape index (κ1) is 15.1. The Morgan fingerprint density at radius 2 is 2.05 bits per heavy atom. The van der Waals surface area contributed by atoms with Crippen LogP contribution in [-0.4, -0.2) is 63.8 Å². The van der Waals surface area contributed by atoms with Crippen LogP contribution in [0.5, 0.6) is 0 Å². The smallest absolute Gasteiger partial charge is 0.326 e. The molecule has 0 spiro atoms. The lowest BCUT2D eigenvalue weighted by Gasteiger charge is -2.48. The normalized spacial score (nSPS) is 31.4. The standard InChI is InChI=1S/C14H24N2O4/c1-10(12(17)18)15(2)13(19)16-8-7-14(20)6-4-3-5-11(14)9-16/h10-11,20H,3-9H2,1-2H3,(H,17,18). The second-order valence-corrected chi connectivity index (χ2v) is 6.15. The highest BCUT2D eigenvalue weighted by Crippen LogP contribution is 2.39.